The first-order chi connectivity index (χ1) is 13.1. The number of nitrogens with zero attached hydrogens (tertiary/aromatic N) is 3. The minimum absolute atomic E-state index is 0.332. The van der Waals surface area contributed by atoms with Gasteiger partial charge in [-0.25, -0.2) is 0 Å². The highest BCUT2D eigenvalue weighted by molar-refractivity contribution is 5.49. The number of hydrogen-bond acceptors (Lipinski definition) is 6. The molecule has 6 nitrogen and oxygen atoms in total. The number of phenolic OH excluding ortho intramolecular Hbond substituents is 2. The molecule has 0 amide bonds. The van der Waals surface area contributed by atoms with Gasteiger partial charge in [-0.2, -0.15) is 0 Å². The molecular weight excluding hydrogens is 340 g/mol. The van der Waals surface area contributed by atoms with Crippen LogP contribution in [0.25, 0.3) is 0 Å². The van der Waals surface area contributed by atoms with E-state index in [1.165, 1.54) is 11.4 Å². The van der Waals surface area contributed by atoms with E-state index in [0.717, 1.165) is 52.4 Å². The Labute approximate surface area is 161 Å². The molecule has 2 aromatic carbocycles. The van der Waals surface area contributed by atoms with E-state index in [2.05, 4.69) is 27.1 Å². The number of anilines is 2. The normalized spacial score (nSPS) is 18.0. The summed E-state index contributed by atoms with van der Waals surface area (Å²) in [7, 11) is 2.15. The second kappa shape index (κ2) is 9.48. The van der Waals surface area contributed by atoms with Crippen LogP contribution in [0, 0.1) is 0 Å². The van der Waals surface area contributed by atoms with Crippen molar-refractivity contribution in [1.29, 1.82) is 0 Å². The standard InChI is InChI=1S/C11H16N2O.C10H14N2O/c1-12-6-8-13(9-7-12)10-2-4-11(14)5-3-10;13-10-3-1-9(2-4-10)12-7-5-11-6-8-12/h2-5,14H,6-9H2,1H3;1-4,11,13H,5-8H2. The minimum Gasteiger partial charge on any atom is -0.508 e. The van der Waals surface area contributed by atoms with Gasteiger partial charge in [-0.05, 0) is 55.6 Å². The Hall–Kier alpha value is -2.44. The molecule has 0 radical (unpaired) electrons. The molecule has 0 unspecified atom stereocenters. The fourth-order valence-corrected chi connectivity index (χ4v) is 3.31. The maximum absolute atomic E-state index is 9.17. The Balaban J connectivity index is 0.000000156. The molecule has 0 atom stereocenters. The Morgan fingerprint density at radius 1 is 0.630 bits per heavy atom. The summed E-state index contributed by atoms with van der Waals surface area (Å²) in [5.74, 6) is 0.668. The Morgan fingerprint density at radius 3 is 1.48 bits per heavy atom. The summed E-state index contributed by atoms with van der Waals surface area (Å²) in [6.07, 6.45) is 0. The van der Waals surface area contributed by atoms with Crippen LogP contribution in [0.3, 0.4) is 0 Å². The van der Waals surface area contributed by atoms with Crippen LogP contribution in [0.4, 0.5) is 11.4 Å². The lowest BCUT2D eigenvalue weighted by Gasteiger charge is -2.34. The predicted octanol–water partition coefficient (Wildman–Crippen LogP) is 1.95. The van der Waals surface area contributed by atoms with Gasteiger partial charge in [0.25, 0.3) is 0 Å². The first-order valence-corrected chi connectivity index (χ1v) is 9.59. The summed E-state index contributed by atoms with van der Waals surface area (Å²) in [4.78, 5) is 6.99. The third kappa shape index (κ3) is 5.77. The maximum atomic E-state index is 9.17. The van der Waals surface area contributed by atoms with Crippen molar-refractivity contribution in [3.8, 4) is 11.5 Å². The molecule has 3 N–H and O–H groups in total. The van der Waals surface area contributed by atoms with Crippen molar-refractivity contribution in [3.63, 3.8) is 0 Å². The second-order valence-corrected chi connectivity index (χ2v) is 7.06. The third-order valence-electron chi connectivity index (χ3n) is 5.05. The van der Waals surface area contributed by atoms with Crippen molar-refractivity contribution in [3.05, 3.63) is 48.5 Å². The quantitative estimate of drug-likeness (QED) is 0.751. The average molecular weight is 370 g/mol. The van der Waals surface area contributed by atoms with Gasteiger partial charge in [-0.3, -0.25) is 0 Å². The van der Waals surface area contributed by atoms with Crippen LogP contribution in [0.15, 0.2) is 48.5 Å². The van der Waals surface area contributed by atoms with Crippen molar-refractivity contribution in [2.45, 2.75) is 0 Å². The molecule has 2 saturated heterocycles. The van der Waals surface area contributed by atoms with E-state index in [1.807, 2.05) is 24.3 Å². The zero-order valence-corrected chi connectivity index (χ0v) is 16.0. The molecule has 146 valence electrons. The minimum atomic E-state index is 0.332. The third-order valence-corrected chi connectivity index (χ3v) is 5.05. The number of benzene rings is 2. The van der Waals surface area contributed by atoms with Gasteiger partial charge in [-0.15, -0.1) is 0 Å². The van der Waals surface area contributed by atoms with Crippen LogP contribution in [0.5, 0.6) is 11.5 Å². The molecule has 0 bridgehead atoms. The highest BCUT2D eigenvalue weighted by Crippen LogP contribution is 2.19. The number of piperazine rings is 2. The summed E-state index contributed by atoms with van der Waals surface area (Å²) in [6, 6.07) is 14.8. The first kappa shape index (κ1) is 19.3. The Morgan fingerprint density at radius 2 is 1.04 bits per heavy atom. The van der Waals surface area contributed by atoms with Crippen molar-refractivity contribution in [2.75, 3.05) is 69.2 Å². The molecule has 4 rings (SSSR count). The van der Waals surface area contributed by atoms with E-state index in [9.17, 15) is 5.11 Å². The SMILES string of the molecule is CN1CCN(c2ccc(O)cc2)CC1.Oc1ccc(N2CCNCC2)cc1. The highest BCUT2D eigenvalue weighted by atomic mass is 16.3. The molecule has 2 aliphatic heterocycles. The molecule has 27 heavy (non-hydrogen) atoms. The summed E-state index contributed by atoms with van der Waals surface area (Å²) in [5, 5.41) is 21.6. The summed E-state index contributed by atoms with van der Waals surface area (Å²) >= 11 is 0. The fraction of sp³-hybridized carbons (Fsp3) is 0.429. The fourth-order valence-electron chi connectivity index (χ4n) is 3.31. The van der Waals surface area contributed by atoms with Crippen LogP contribution in [-0.2, 0) is 0 Å². The van der Waals surface area contributed by atoms with Gasteiger partial charge in [0.15, 0.2) is 0 Å². The van der Waals surface area contributed by atoms with Gasteiger partial charge in [0.2, 0.25) is 0 Å². The topological polar surface area (TPSA) is 62.2 Å². The molecule has 2 heterocycles. The number of phenols is 2. The van der Waals surface area contributed by atoms with Crippen molar-refractivity contribution in [2.24, 2.45) is 0 Å². The average Bonchev–Trinajstić information content (AvgIpc) is 2.71. The molecule has 2 aliphatic rings. The second-order valence-electron chi connectivity index (χ2n) is 7.06. The van der Waals surface area contributed by atoms with Crippen LogP contribution in [0.2, 0.25) is 0 Å². The smallest absolute Gasteiger partial charge is 0.115 e. The lowest BCUT2D eigenvalue weighted by Crippen LogP contribution is -2.44. The van der Waals surface area contributed by atoms with Crippen LogP contribution >= 0.6 is 0 Å². The molecule has 0 saturated carbocycles. The van der Waals surface area contributed by atoms with Gasteiger partial charge in [0.05, 0.1) is 0 Å². The van der Waals surface area contributed by atoms with Gasteiger partial charge in [-0.1, -0.05) is 0 Å². The predicted molar refractivity (Wildman–Crippen MR) is 111 cm³/mol. The molecule has 6 heteroatoms. The van der Waals surface area contributed by atoms with Crippen LogP contribution < -0.4 is 15.1 Å². The zero-order valence-electron chi connectivity index (χ0n) is 16.0. The molecule has 2 fully saturated rings. The van der Waals surface area contributed by atoms with Gasteiger partial charge < -0.3 is 30.2 Å². The molecule has 0 spiro atoms. The van der Waals surface area contributed by atoms with Crippen molar-refractivity contribution >= 4 is 11.4 Å². The Bertz CT molecular complexity index is 676. The number of likely N-dealkylation sites (N-methyl/N-ethyl adjacent to an activating group) is 1. The van der Waals surface area contributed by atoms with Gasteiger partial charge in [0, 0.05) is 63.7 Å². The number of rotatable bonds is 2. The Kier molecular flexibility index (Phi) is 6.79. The largest absolute Gasteiger partial charge is 0.508 e. The lowest BCUT2D eigenvalue weighted by molar-refractivity contribution is 0.313. The number of hydrogen-bond donors (Lipinski definition) is 3. The van der Waals surface area contributed by atoms with Gasteiger partial charge >= 0.3 is 0 Å². The van der Waals surface area contributed by atoms with Crippen molar-refractivity contribution in [1.82, 2.24) is 10.2 Å². The molecular formula is C21H30N4O2. The highest BCUT2D eigenvalue weighted by Gasteiger charge is 2.13. The summed E-state index contributed by atoms with van der Waals surface area (Å²) < 4.78 is 0. The monoisotopic (exact) mass is 370 g/mol. The summed E-state index contributed by atoms with van der Waals surface area (Å²) in [6.45, 7) is 8.54. The first-order valence-electron chi connectivity index (χ1n) is 9.59. The van der Waals surface area contributed by atoms with E-state index in [1.54, 1.807) is 24.3 Å². The van der Waals surface area contributed by atoms with Crippen LogP contribution in [-0.4, -0.2) is 74.5 Å². The van der Waals surface area contributed by atoms with Gasteiger partial charge in [0.1, 0.15) is 11.5 Å². The van der Waals surface area contributed by atoms with E-state index in [4.69, 9.17) is 5.11 Å². The zero-order chi connectivity index (χ0) is 19.1. The van der Waals surface area contributed by atoms with E-state index >= 15 is 0 Å². The number of aromatic hydroxyl groups is 2. The lowest BCUT2D eigenvalue weighted by atomic mass is 10.2. The van der Waals surface area contributed by atoms with E-state index in [-0.39, 0.29) is 0 Å². The maximum Gasteiger partial charge on any atom is 0.115 e. The number of nitrogens with one attached hydrogen (secondary N) is 1. The van der Waals surface area contributed by atoms with E-state index < -0.39 is 0 Å². The van der Waals surface area contributed by atoms with E-state index in [0.29, 0.717) is 11.5 Å². The molecule has 0 aliphatic carbocycles. The van der Waals surface area contributed by atoms with Crippen molar-refractivity contribution < 1.29 is 10.2 Å². The molecule has 0 aromatic heterocycles. The molecule has 2 aromatic rings. The summed E-state index contributed by atoms with van der Waals surface area (Å²) in [5.41, 5.74) is 2.40. The van der Waals surface area contributed by atoms with Crippen LogP contribution in [0.1, 0.15) is 0 Å².